The van der Waals surface area contributed by atoms with E-state index in [0.717, 1.165) is 56.4 Å². The topological polar surface area (TPSA) is 74.9 Å². The van der Waals surface area contributed by atoms with Gasteiger partial charge in [-0.15, -0.1) is 6.58 Å². The van der Waals surface area contributed by atoms with Crippen molar-refractivity contribution < 1.29 is 19.1 Å². The first-order chi connectivity index (χ1) is 15.5. The summed E-state index contributed by atoms with van der Waals surface area (Å²) in [5.74, 6) is 0.140. The quantitative estimate of drug-likeness (QED) is 0.509. The predicted octanol–water partition coefficient (Wildman–Crippen LogP) is 3.88. The van der Waals surface area contributed by atoms with Crippen molar-refractivity contribution in [3.05, 3.63) is 72.7 Å². The first-order valence-electron chi connectivity index (χ1n) is 11.2. The first kappa shape index (κ1) is 22.4. The highest BCUT2D eigenvalue weighted by Gasteiger charge is 2.58. The van der Waals surface area contributed by atoms with Gasteiger partial charge in [0.2, 0.25) is 5.91 Å². The maximum absolute atomic E-state index is 12.6. The van der Waals surface area contributed by atoms with Crippen LogP contribution in [0.25, 0.3) is 6.08 Å². The number of benzene rings is 1. The van der Waals surface area contributed by atoms with Gasteiger partial charge in [0.25, 0.3) is 0 Å². The Morgan fingerprint density at radius 2 is 2.28 bits per heavy atom. The van der Waals surface area contributed by atoms with Crippen LogP contribution < -0.4 is 5.32 Å². The number of hydrogen-bond donors (Lipinski definition) is 2. The van der Waals surface area contributed by atoms with E-state index in [0.29, 0.717) is 0 Å². The summed E-state index contributed by atoms with van der Waals surface area (Å²) in [6.45, 7) is 6.43. The van der Waals surface area contributed by atoms with E-state index in [-0.39, 0.29) is 23.1 Å². The lowest BCUT2D eigenvalue weighted by Crippen LogP contribution is -2.67. The molecule has 1 aliphatic heterocycles. The van der Waals surface area contributed by atoms with Crippen molar-refractivity contribution in [2.75, 3.05) is 26.7 Å². The average molecular weight is 437 g/mol. The van der Waals surface area contributed by atoms with Crippen LogP contribution in [0, 0.1) is 0 Å². The molecule has 2 heterocycles. The van der Waals surface area contributed by atoms with Crippen molar-refractivity contribution in [2.24, 2.45) is 0 Å². The smallest absolute Gasteiger partial charge is 0.244 e. The summed E-state index contributed by atoms with van der Waals surface area (Å²) in [7, 11) is 1.79. The molecular formula is C26H32N2O4. The van der Waals surface area contributed by atoms with E-state index < -0.39 is 5.60 Å². The van der Waals surface area contributed by atoms with E-state index in [9.17, 15) is 9.90 Å². The maximum atomic E-state index is 12.6. The number of phenols is 1. The van der Waals surface area contributed by atoms with Crippen LogP contribution in [0.15, 0.2) is 66.0 Å². The fraction of sp³-hybridized carbons (Fsp3) is 0.423. The second-order valence-electron chi connectivity index (χ2n) is 8.94. The summed E-state index contributed by atoms with van der Waals surface area (Å²) in [5, 5.41) is 13.4. The SMILES string of the molecule is C=CCN1CC[C@@]2(c3cccc(O)c3)C[C@H](NC(=O)C=Cc3ccoc3)CC[C@]2(OC)C1. The minimum absolute atomic E-state index is 0.0214. The van der Waals surface area contributed by atoms with Crippen LogP contribution in [-0.2, 0) is 14.9 Å². The molecule has 1 saturated carbocycles. The molecule has 0 radical (unpaired) electrons. The number of phenolic OH excluding ortho intramolecular Hbond substituents is 1. The Morgan fingerprint density at radius 3 is 3.00 bits per heavy atom. The molecule has 6 heteroatoms. The van der Waals surface area contributed by atoms with Crippen LogP contribution in [0.3, 0.4) is 0 Å². The molecular weight excluding hydrogens is 404 g/mol. The zero-order valence-corrected chi connectivity index (χ0v) is 18.6. The molecule has 0 spiro atoms. The number of carbonyl (C=O) groups is 1. The molecule has 2 N–H and O–H groups in total. The number of piperidine rings is 1. The van der Waals surface area contributed by atoms with Gasteiger partial charge in [0, 0.05) is 43.3 Å². The van der Waals surface area contributed by atoms with Crippen LogP contribution in [0.5, 0.6) is 5.75 Å². The molecule has 0 bridgehead atoms. The van der Waals surface area contributed by atoms with Crippen LogP contribution in [0.2, 0.25) is 0 Å². The molecule has 2 aromatic rings. The van der Waals surface area contributed by atoms with Gasteiger partial charge in [-0.1, -0.05) is 18.2 Å². The van der Waals surface area contributed by atoms with Crippen molar-refractivity contribution in [3.8, 4) is 5.75 Å². The van der Waals surface area contributed by atoms with E-state index in [1.54, 1.807) is 37.9 Å². The van der Waals surface area contributed by atoms with Gasteiger partial charge in [-0.25, -0.2) is 0 Å². The third kappa shape index (κ3) is 4.25. The molecule has 1 saturated heterocycles. The lowest BCUT2D eigenvalue weighted by Gasteiger charge is -2.59. The van der Waals surface area contributed by atoms with Gasteiger partial charge in [-0.05, 0) is 62.1 Å². The van der Waals surface area contributed by atoms with Gasteiger partial charge in [0.05, 0.1) is 18.1 Å². The second kappa shape index (κ2) is 9.35. The number of furan rings is 1. The molecule has 2 aliphatic rings. The number of methoxy groups -OCH3 is 1. The Hall–Kier alpha value is -2.83. The number of ether oxygens (including phenoxy) is 1. The molecule has 4 rings (SSSR count). The fourth-order valence-corrected chi connectivity index (χ4v) is 5.65. The molecule has 170 valence electrons. The number of nitrogens with zero attached hydrogens (tertiary/aromatic N) is 1. The second-order valence-corrected chi connectivity index (χ2v) is 8.94. The van der Waals surface area contributed by atoms with Gasteiger partial charge in [0.1, 0.15) is 5.75 Å². The van der Waals surface area contributed by atoms with Gasteiger partial charge < -0.3 is 19.6 Å². The molecule has 6 nitrogen and oxygen atoms in total. The first-order valence-corrected chi connectivity index (χ1v) is 11.2. The average Bonchev–Trinajstić information content (AvgIpc) is 3.32. The van der Waals surface area contributed by atoms with E-state index in [2.05, 4.69) is 22.9 Å². The summed E-state index contributed by atoms with van der Waals surface area (Å²) < 4.78 is 11.4. The molecule has 0 unspecified atom stereocenters. The van der Waals surface area contributed by atoms with Crippen molar-refractivity contribution in [3.63, 3.8) is 0 Å². The molecule has 2 fully saturated rings. The summed E-state index contributed by atoms with van der Waals surface area (Å²) >= 11 is 0. The van der Waals surface area contributed by atoms with Gasteiger partial charge in [0.15, 0.2) is 0 Å². The summed E-state index contributed by atoms with van der Waals surface area (Å²) in [5.41, 5.74) is 1.23. The van der Waals surface area contributed by atoms with Crippen molar-refractivity contribution >= 4 is 12.0 Å². The highest BCUT2D eigenvalue weighted by molar-refractivity contribution is 5.91. The molecule has 1 aromatic heterocycles. The zero-order valence-electron chi connectivity index (χ0n) is 18.6. The highest BCUT2D eigenvalue weighted by atomic mass is 16.5. The standard InChI is InChI=1S/C26H32N2O4/c1-3-13-28-14-12-25(21-5-4-6-23(29)16-21)17-22(9-11-26(25,19-28)31-2)27-24(30)8-7-20-10-15-32-18-20/h3-8,10,15-16,18,22,29H,1,9,11-14,17,19H2,2H3,(H,27,30)/t22-,25+,26+/m1/s1. The maximum Gasteiger partial charge on any atom is 0.244 e. The number of aromatic hydroxyl groups is 1. The van der Waals surface area contributed by atoms with Gasteiger partial charge in [-0.3, -0.25) is 9.69 Å². The van der Waals surface area contributed by atoms with E-state index in [1.807, 2.05) is 24.3 Å². The number of rotatable bonds is 7. The van der Waals surface area contributed by atoms with Crippen molar-refractivity contribution in [2.45, 2.75) is 42.7 Å². The summed E-state index contributed by atoms with van der Waals surface area (Å²) in [4.78, 5) is 15.0. The fourth-order valence-electron chi connectivity index (χ4n) is 5.65. The Balaban J connectivity index is 1.60. The Bertz CT molecular complexity index is 970. The molecule has 1 aliphatic carbocycles. The summed E-state index contributed by atoms with van der Waals surface area (Å²) in [6.07, 6.45) is 11.7. The lowest BCUT2D eigenvalue weighted by atomic mass is 9.55. The van der Waals surface area contributed by atoms with Gasteiger partial charge in [-0.2, -0.15) is 0 Å². The van der Waals surface area contributed by atoms with Crippen LogP contribution in [-0.4, -0.2) is 54.3 Å². The zero-order chi connectivity index (χ0) is 22.6. The lowest BCUT2D eigenvalue weighted by molar-refractivity contribution is -0.148. The van der Waals surface area contributed by atoms with E-state index in [4.69, 9.17) is 9.15 Å². The van der Waals surface area contributed by atoms with Crippen molar-refractivity contribution in [1.82, 2.24) is 10.2 Å². The Labute approximate surface area is 189 Å². The highest BCUT2D eigenvalue weighted by Crippen LogP contribution is 2.53. The minimum atomic E-state index is -0.393. The molecule has 32 heavy (non-hydrogen) atoms. The Morgan fingerprint density at radius 1 is 1.41 bits per heavy atom. The molecule has 3 atom stereocenters. The number of likely N-dealkylation sites (tertiary alicyclic amines) is 1. The number of nitrogens with one attached hydrogen (secondary N) is 1. The largest absolute Gasteiger partial charge is 0.508 e. The van der Waals surface area contributed by atoms with Crippen LogP contribution >= 0.6 is 0 Å². The molecule has 1 aromatic carbocycles. The number of carbonyl (C=O) groups excluding carboxylic acids is 1. The van der Waals surface area contributed by atoms with Gasteiger partial charge >= 0.3 is 0 Å². The number of hydrogen-bond acceptors (Lipinski definition) is 5. The predicted molar refractivity (Wildman–Crippen MR) is 124 cm³/mol. The third-order valence-electron chi connectivity index (χ3n) is 7.19. The van der Waals surface area contributed by atoms with E-state index in [1.165, 1.54) is 0 Å². The van der Waals surface area contributed by atoms with Crippen molar-refractivity contribution in [1.29, 1.82) is 0 Å². The minimum Gasteiger partial charge on any atom is -0.508 e. The summed E-state index contributed by atoms with van der Waals surface area (Å²) in [6, 6.07) is 9.37. The monoisotopic (exact) mass is 436 g/mol. The van der Waals surface area contributed by atoms with Crippen LogP contribution in [0.1, 0.15) is 36.8 Å². The third-order valence-corrected chi connectivity index (χ3v) is 7.19. The normalized spacial score (nSPS) is 28.3. The van der Waals surface area contributed by atoms with Crippen LogP contribution in [0.4, 0.5) is 0 Å². The van der Waals surface area contributed by atoms with E-state index >= 15 is 0 Å². The number of amides is 1. The molecule has 1 amide bonds. The number of fused-ring (bicyclic) bond motifs is 1. The Kier molecular flexibility index (Phi) is 6.53.